The molecule has 12 heavy (non-hydrogen) atoms. The number of rotatable bonds is 4. The van der Waals surface area contributed by atoms with E-state index in [-0.39, 0.29) is 0 Å². The summed E-state index contributed by atoms with van der Waals surface area (Å²) in [5, 5.41) is 3.28. The summed E-state index contributed by atoms with van der Waals surface area (Å²) < 4.78 is 0. The van der Waals surface area contributed by atoms with Gasteiger partial charge < -0.3 is 11.1 Å². The van der Waals surface area contributed by atoms with Gasteiger partial charge in [0, 0.05) is 24.6 Å². The van der Waals surface area contributed by atoms with Crippen molar-refractivity contribution in [3.8, 4) is 0 Å². The summed E-state index contributed by atoms with van der Waals surface area (Å²) in [4.78, 5) is 3.93. The second kappa shape index (κ2) is 4.72. The minimum Gasteiger partial charge on any atom is -0.385 e. The second-order valence-corrected chi connectivity index (χ2v) is 2.96. The predicted molar refractivity (Wildman–Crippen MR) is 50.9 cm³/mol. The Labute approximate surface area is 73.0 Å². The molecule has 0 aliphatic carbocycles. The molecule has 1 aromatic heterocycles. The highest BCUT2D eigenvalue weighted by Crippen LogP contribution is 2.03. The maximum atomic E-state index is 5.48. The van der Waals surface area contributed by atoms with Crippen LogP contribution >= 0.6 is 0 Å². The first-order chi connectivity index (χ1) is 5.83. The Morgan fingerprint density at radius 1 is 1.50 bits per heavy atom. The van der Waals surface area contributed by atoms with Gasteiger partial charge in [0.25, 0.3) is 0 Å². The van der Waals surface area contributed by atoms with E-state index >= 15 is 0 Å². The lowest BCUT2D eigenvalue weighted by Gasteiger charge is -2.10. The molecule has 1 atom stereocenters. The third-order valence-corrected chi connectivity index (χ3v) is 1.74. The minimum absolute atomic E-state index is 0.512. The van der Waals surface area contributed by atoms with Crippen molar-refractivity contribution >= 4 is 5.69 Å². The fourth-order valence-electron chi connectivity index (χ4n) is 0.845. The third-order valence-electron chi connectivity index (χ3n) is 1.74. The van der Waals surface area contributed by atoms with Crippen LogP contribution in [-0.2, 0) is 0 Å². The number of nitrogens with zero attached hydrogens (tertiary/aromatic N) is 1. The quantitative estimate of drug-likeness (QED) is 0.702. The Balaban J connectivity index is 2.33. The van der Waals surface area contributed by atoms with Crippen LogP contribution in [-0.4, -0.2) is 18.1 Å². The van der Waals surface area contributed by atoms with Crippen LogP contribution in [0, 0.1) is 5.92 Å². The summed E-state index contributed by atoms with van der Waals surface area (Å²) in [6.07, 6.45) is 3.55. The van der Waals surface area contributed by atoms with E-state index in [1.807, 2.05) is 12.1 Å². The molecule has 66 valence electrons. The first-order valence-corrected chi connectivity index (χ1v) is 4.17. The van der Waals surface area contributed by atoms with Gasteiger partial charge in [-0.3, -0.25) is 4.98 Å². The molecule has 1 heterocycles. The summed E-state index contributed by atoms with van der Waals surface area (Å²) in [7, 11) is 0. The molecule has 1 aromatic rings. The molecule has 3 nitrogen and oxygen atoms in total. The van der Waals surface area contributed by atoms with Crippen molar-refractivity contribution in [3.05, 3.63) is 24.5 Å². The summed E-state index contributed by atoms with van der Waals surface area (Å²) in [5.74, 6) is 0.512. The Bertz CT molecular complexity index is 210. The lowest BCUT2D eigenvalue weighted by molar-refractivity contribution is 0.628. The lowest BCUT2D eigenvalue weighted by atomic mass is 10.2. The zero-order chi connectivity index (χ0) is 8.81. The van der Waals surface area contributed by atoms with Crippen molar-refractivity contribution in [1.29, 1.82) is 0 Å². The van der Waals surface area contributed by atoms with E-state index < -0.39 is 0 Å². The van der Waals surface area contributed by atoms with E-state index in [0.717, 1.165) is 18.8 Å². The molecule has 0 amide bonds. The number of aromatic nitrogens is 1. The molecule has 3 heteroatoms. The number of pyridine rings is 1. The topological polar surface area (TPSA) is 50.9 Å². The van der Waals surface area contributed by atoms with E-state index in [2.05, 4.69) is 17.2 Å². The highest BCUT2D eigenvalue weighted by Gasteiger charge is 1.97. The molecule has 0 aliphatic rings. The molecule has 0 spiro atoms. The zero-order valence-electron chi connectivity index (χ0n) is 7.33. The molecular weight excluding hydrogens is 150 g/mol. The van der Waals surface area contributed by atoms with Crippen LogP contribution in [0.3, 0.4) is 0 Å². The first kappa shape index (κ1) is 9.00. The fraction of sp³-hybridized carbons (Fsp3) is 0.444. The van der Waals surface area contributed by atoms with E-state index in [0.29, 0.717) is 5.92 Å². The maximum absolute atomic E-state index is 5.48. The van der Waals surface area contributed by atoms with Gasteiger partial charge in [-0.15, -0.1) is 0 Å². The lowest BCUT2D eigenvalue weighted by Crippen LogP contribution is -2.19. The maximum Gasteiger partial charge on any atom is 0.0371 e. The van der Waals surface area contributed by atoms with Crippen LogP contribution in [0.4, 0.5) is 5.69 Å². The van der Waals surface area contributed by atoms with Crippen LogP contribution in [0.2, 0.25) is 0 Å². The molecule has 0 radical (unpaired) electrons. The van der Waals surface area contributed by atoms with Crippen molar-refractivity contribution in [2.45, 2.75) is 6.92 Å². The van der Waals surface area contributed by atoms with Crippen molar-refractivity contribution in [3.63, 3.8) is 0 Å². The summed E-state index contributed by atoms with van der Waals surface area (Å²) >= 11 is 0. The van der Waals surface area contributed by atoms with Crippen molar-refractivity contribution in [2.75, 3.05) is 18.4 Å². The summed E-state index contributed by atoms with van der Waals surface area (Å²) in [5.41, 5.74) is 6.59. The van der Waals surface area contributed by atoms with Gasteiger partial charge in [0.2, 0.25) is 0 Å². The summed E-state index contributed by atoms with van der Waals surface area (Å²) in [6.45, 7) is 3.76. The van der Waals surface area contributed by atoms with Gasteiger partial charge in [-0.25, -0.2) is 0 Å². The monoisotopic (exact) mass is 165 g/mol. The van der Waals surface area contributed by atoms with E-state index in [4.69, 9.17) is 5.73 Å². The Morgan fingerprint density at radius 2 is 2.17 bits per heavy atom. The average molecular weight is 165 g/mol. The standard InChI is InChI=1S/C9H15N3/c1-8(6-10)7-12-9-2-4-11-5-3-9/h2-5,8H,6-7,10H2,1H3,(H,11,12). The molecule has 3 N–H and O–H groups in total. The van der Waals surface area contributed by atoms with Gasteiger partial charge in [0.05, 0.1) is 0 Å². The van der Waals surface area contributed by atoms with Crippen LogP contribution in [0.25, 0.3) is 0 Å². The van der Waals surface area contributed by atoms with E-state index in [1.165, 1.54) is 0 Å². The molecule has 0 saturated carbocycles. The van der Waals surface area contributed by atoms with Gasteiger partial charge in [-0.1, -0.05) is 6.92 Å². The molecule has 0 bridgehead atoms. The first-order valence-electron chi connectivity index (χ1n) is 4.17. The van der Waals surface area contributed by atoms with E-state index in [1.54, 1.807) is 12.4 Å². The molecule has 1 rings (SSSR count). The van der Waals surface area contributed by atoms with E-state index in [9.17, 15) is 0 Å². The number of anilines is 1. The van der Waals surface area contributed by atoms with Crippen molar-refractivity contribution in [2.24, 2.45) is 11.7 Å². The third kappa shape index (κ3) is 2.88. The average Bonchev–Trinajstić information content (AvgIpc) is 2.16. The summed E-state index contributed by atoms with van der Waals surface area (Å²) in [6, 6.07) is 3.90. The predicted octanol–water partition coefficient (Wildman–Crippen LogP) is 1.09. The minimum atomic E-state index is 0.512. The van der Waals surface area contributed by atoms with Crippen LogP contribution in [0.1, 0.15) is 6.92 Å². The smallest absolute Gasteiger partial charge is 0.0371 e. The van der Waals surface area contributed by atoms with Gasteiger partial charge in [0.15, 0.2) is 0 Å². The van der Waals surface area contributed by atoms with Gasteiger partial charge in [0.1, 0.15) is 0 Å². The van der Waals surface area contributed by atoms with Crippen LogP contribution in [0.15, 0.2) is 24.5 Å². The van der Waals surface area contributed by atoms with Gasteiger partial charge >= 0.3 is 0 Å². The zero-order valence-corrected chi connectivity index (χ0v) is 7.33. The Hall–Kier alpha value is -1.09. The molecule has 0 saturated heterocycles. The van der Waals surface area contributed by atoms with Crippen LogP contribution in [0.5, 0.6) is 0 Å². The molecular formula is C9H15N3. The second-order valence-electron chi connectivity index (χ2n) is 2.96. The number of nitrogens with one attached hydrogen (secondary N) is 1. The van der Waals surface area contributed by atoms with Gasteiger partial charge in [-0.05, 0) is 24.6 Å². The van der Waals surface area contributed by atoms with Crippen LogP contribution < -0.4 is 11.1 Å². The molecule has 0 fully saturated rings. The number of hydrogen-bond donors (Lipinski definition) is 2. The Kier molecular flexibility index (Phi) is 3.54. The molecule has 0 aliphatic heterocycles. The fourth-order valence-corrected chi connectivity index (χ4v) is 0.845. The Morgan fingerprint density at radius 3 is 2.75 bits per heavy atom. The highest BCUT2D eigenvalue weighted by atomic mass is 14.9. The van der Waals surface area contributed by atoms with Crippen molar-refractivity contribution < 1.29 is 0 Å². The normalized spacial score (nSPS) is 12.5. The molecule has 0 aromatic carbocycles. The largest absolute Gasteiger partial charge is 0.385 e. The molecule has 1 unspecified atom stereocenters. The van der Waals surface area contributed by atoms with Crippen molar-refractivity contribution in [1.82, 2.24) is 4.98 Å². The number of hydrogen-bond acceptors (Lipinski definition) is 3. The SMILES string of the molecule is CC(CN)CNc1ccncc1. The number of nitrogens with two attached hydrogens (primary N) is 1. The van der Waals surface area contributed by atoms with Gasteiger partial charge in [-0.2, -0.15) is 0 Å². The highest BCUT2D eigenvalue weighted by molar-refractivity contribution is 5.40.